The number of hydrogen-bond donors (Lipinski definition) is 1. The van der Waals surface area contributed by atoms with Gasteiger partial charge in [-0.3, -0.25) is 0 Å². The summed E-state index contributed by atoms with van der Waals surface area (Å²) in [7, 11) is -3.49. The molecule has 0 spiro atoms. The molecule has 0 saturated heterocycles. The quantitative estimate of drug-likeness (QED) is 0.624. The van der Waals surface area contributed by atoms with Crippen molar-refractivity contribution in [1.29, 1.82) is 0 Å². The maximum Gasteiger partial charge on any atom is 0.182 e. The van der Waals surface area contributed by atoms with E-state index in [-0.39, 0.29) is 5.92 Å². The second kappa shape index (κ2) is 6.32. The van der Waals surface area contributed by atoms with Crippen LogP contribution in [0, 0.1) is 12.8 Å². The van der Waals surface area contributed by atoms with Crippen LogP contribution in [-0.2, 0) is 9.84 Å². The average Bonchev–Trinajstić information content (AvgIpc) is 3.07. The smallest absolute Gasteiger partial charge is 0.182 e. The van der Waals surface area contributed by atoms with Gasteiger partial charge >= 0.3 is 0 Å². The number of thioether (sulfide) groups is 1. The largest absolute Gasteiger partial charge is 0.411 e. The number of nitrogens with zero attached hydrogens (tertiary/aromatic N) is 1. The summed E-state index contributed by atoms with van der Waals surface area (Å²) in [5, 5.41) is 12.7. The van der Waals surface area contributed by atoms with E-state index in [1.807, 2.05) is 19.1 Å². The molecule has 132 valence electrons. The van der Waals surface area contributed by atoms with Crippen LogP contribution in [-0.4, -0.2) is 30.3 Å². The molecule has 1 N–H and O–H groups in total. The topological polar surface area (TPSA) is 66.7 Å². The number of allylic oxidation sites excluding steroid dienone is 4. The molecule has 3 aliphatic rings. The highest BCUT2D eigenvalue weighted by atomic mass is 32.2. The van der Waals surface area contributed by atoms with E-state index in [4.69, 9.17) is 0 Å². The molecule has 1 aliphatic heterocycles. The van der Waals surface area contributed by atoms with Gasteiger partial charge in [0.25, 0.3) is 0 Å². The lowest BCUT2D eigenvalue weighted by molar-refractivity contribution is 0.314. The molecule has 1 fully saturated rings. The Morgan fingerprint density at radius 3 is 2.68 bits per heavy atom. The fourth-order valence-electron chi connectivity index (χ4n) is 4.14. The Bertz CT molecular complexity index is 895. The van der Waals surface area contributed by atoms with Gasteiger partial charge in [-0.2, -0.15) is 0 Å². The highest BCUT2D eigenvalue weighted by molar-refractivity contribution is 8.04. The number of rotatable bonds is 2. The lowest BCUT2D eigenvalue weighted by Gasteiger charge is -2.36. The summed E-state index contributed by atoms with van der Waals surface area (Å²) in [5.41, 5.74) is 3.92. The molecule has 1 heterocycles. The summed E-state index contributed by atoms with van der Waals surface area (Å²) in [6, 6.07) is 7.05. The predicted octanol–water partition coefficient (Wildman–Crippen LogP) is 4.10. The molecule has 2 unspecified atom stereocenters. The molecule has 4 rings (SSSR count). The second-order valence-electron chi connectivity index (χ2n) is 6.92. The van der Waals surface area contributed by atoms with Crippen LogP contribution in [0.3, 0.4) is 0 Å². The Kier molecular flexibility index (Phi) is 4.28. The van der Waals surface area contributed by atoms with Gasteiger partial charge in [-0.25, -0.2) is 8.42 Å². The minimum atomic E-state index is -3.49. The fraction of sp³-hybridized carbons (Fsp3) is 0.421. The van der Waals surface area contributed by atoms with Gasteiger partial charge in [0.15, 0.2) is 9.84 Å². The monoisotopic (exact) mass is 375 g/mol. The zero-order valence-corrected chi connectivity index (χ0v) is 15.7. The second-order valence-corrected chi connectivity index (χ2v) is 10.2. The van der Waals surface area contributed by atoms with Crippen molar-refractivity contribution in [3.8, 4) is 0 Å². The number of fused-ring (bicyclic) bond motifs is 1. The highest BCUT2D eigenvalue weighted by Gasteiger charge is 2.45. The molecule has 0 amide bonds. The lowest BCUT2D eigenvalue weighted by Crippen LogP contribution is -2.40. The molecular weight excluding hydrogens is 354 g/mol. The van der Waals surface area contributed by atoms with Crippen LogP contribution in [0.15, 0.2) is 56.4 Å². The molecule has 4 nitrogen and oxygen atoms in total. The van der Waals surface area contributed by atoms with Crippen LogP contribution < -0.4 is 0 Å². The third-order valence-corrected chi connectivity index (χ3v) is 8.78. The zero-order chi connectivity index (χ0) is 17.6. The first-order chi connectivity index (χ1) is 12.0. The molecule has 1 aromatic rings. The Hall–Kier alpha value is -1.53. The summed E-state index contributed by atoms with van der Waals surface area (Å²) in [6.45, 7) is 1.95. The van der Waals surface area contributed by atoms with Crippen LogP contribution >= 0.6 is 11.8 Å². The Morgan fingerprint density at radius 1 is 1.20 bits per heavy atom. The summed E-state index contributed by atoms with van der Waals surface area (Å²) in [5.74, 6) is 0.643. The van der Waals surface area contributed by atoms with Gasteiger partial charge in [-0.15, -0.1) is 11.8 Å². The number of benzene rings is 1. The molecule has 2 atom stereocenters. The van der Waals surface area contributed by atoms with Crippen molar-refractivity contribution >= 4 is 27.3 Å². The first kappa shape index (κ1) is 16.9. The first-order valence-electron chi connectivity index (χ1n) is 8.61. The number of sulfone groups is 1. The SMILES string of the molecule is Cc1ccc(S(=O)(=O)C2CCCC3=CC4=C(SCC4)C(=NO)C32)cc1. The van der Waals surface area contributed by atoms with E-state index in [1.165, 1.54) is 5.57 Å². The predicted molar refractivity (Wildman–Crippen MR) is 101 cm³/mol. The Labute approximate surface area is 152 Å². The van der Waals surface area contributed by atoms with E-state index >= 15 is 0 Å². The van der Waals surface area contributed by atoms with Crippen LogP contribution in [0.2, 0.25) is 0 Å². The van der Waals surface area contributed by atoms with Gasteiger partial charge in [0, 0.05) is 16.6 Å². The van der Waals surface area contributed by atoms with Crippen molar-refractivity contribution in [3.05, 3.63) is 52.0 Å². The Morgan fingerprint density at radius 2 is 1.96 bits per heavy atom. The van der Waals surface area contributed by atoms with Crippen molar-refractivity contribution in [2.24, 2.45) is 11.1 Å². The molecule has 1 saturated carbocycles. The molecule has 0 radical (unpaired) electrons. The number of hydrogen-bond acceptors (Lipinski definition) is 5. The van der Waals surface area contributed by atoms with Gasteiger partial charge in [0.05, 0.1) is 10.1 Å². The molecular formula is C19H21NO3S2. The molecule has 0 bridgehead atoms. The molecule has 0 aromatic heterocycles. The summed E-state index contributed by atoms with van der Waals surface area (Å²) in [4.78, 5) is 1.35. The Balaban J connectivity index is 1.78. The van der Waals surface area contributed by atoms with Gasteiger partial charge in [-0.05, 0) is 50.3 Å². The molecule has 25 heavy (non-hydrogen) atoms. The molecule has 1 aromatic carbocycles. The zero-order valence-electron chi connectivity index (χ0n) is 14.1. The highest BCUT2D eigenvalue weighted by Crippen LogP contribution is 2.47. The van der Waals surface area contributed by atoms with Crippen LogP contribution in [0.1, 0.15) is 31.2 Å². The van der Waals surface area contributed by atoms with Crippen LogP contribution in [0.25, 0.3) is 0 Å². The van der Waals surface area contributed by atoms with Gasteiger partial charge < -0.3 is 5.21 Å². The summed E-state index contributed by atoms with van der Waals surface area (Å²) < 4.78 is 26.6. The van der Waals surface area contributed by atoms with Crippen LogP contribution in [0.5, 0.6) is 0 Å². The number of aryl methyl sites for hydroxylation is 1. The minimum Gasteiger partial charge on any atom is -0.411 e. The van der Waals surface area contributed by atoms with Gasteiger partial charge in [0.2, 0.25) is 0 Å². The van der Waals surface area contributed by atoms with E-state index in [0.29, 0.717) is 17.0 Å². The third-order valence-electron chi connectivity index (χ3n) is 5.38. The van der Waals surface area contributed by atoms with E-state index in [0.717, 1.165) is 41.1 Å². The summed E-state index contributed by atoms with van der Waals surface area (Å²) >= 11 is 1.67. The van der Waals surface area contributed by atoms with E-state index in [2.05, 4.69) is 11.2 Å². The van der Waals surface area contributed by atoms with Crippen molar-refractivity contribution in [3.63, 3.8) is 0 Å². The normalized spacial score (nSPS) is 27.9. The molecule has 2 aliphatic carbocycles. The van der Waals surface area contributed by atoms with Crippen molar-refractivity contribution in [2.75, 3.05) is 5.75 Å². The van der Waals surface area contributed by atoms with Crippen molar-refractivity contribution in [2.45, 2.75) is 42.8 Å². The van der Waals surface area contributed by atoms with Gasteiger partial charge in [-0.1, -0.05) is 34.5 Å². The minimum absolute atomic E-state index is 0.325. The lowest BCUT2D eigenvalue weighted by atomic mass is 9.76. The van der Waals surface area contributed by atoms with E-state index < -0.39 is 15.1 Å². The average molecular weight is 376 g/mol. The fourth-order valence-corrected chi connectivity index (χ4v) is 7.33. The van der Waals surface area contributed by atoms with E-state index in [9.17, 15) is 13.6 Å². The standard InChI is InChI=1S/C19H21NO3S2/c1-12-5-7-15(8-6-12)25(22,23)16-4-2-3-13-11-14-9-10-24-19(14)18(20-21)17(13)16/h5-8,11,16-17,21H,2-4,9-10H2,1H3. The van der Waals surface area contributed by atoms with Gasteiger partial charge in [0.1, 0.15) is 5.71 Å². The number of oxime groups is 1. The van der Waals surface area contributed by atoms with Crippen molar-refractivity contribution in [1.82, 2.24) is 0 Å². The summed E-state index contributed by atoms with van der Waals surface area (Å²) in [6.07, 6.45) is 5.47. The van der Waals surface area contributed by atoms with E-state index in [1.54, 1.807) is 23.9 Å². The first-order valence-corrected chi connectivity index (χ1v) is 11.1. The van der Waals surface area contributed by atoms with Crippen LogP contribution in [0.4, 0.5) is 0 Å². The third kappa shape index (κ3) is 2.75. The molecule has 6 heteroatoms. The maximum atomic E-state index is 13.3. The van der Waals surface area contributed by atoms with Crippen molar-refractivity contribution < 1.29 is 13.6 Å². The maximum absolute atomic E-state index is 13.3.